The van der Waals surface area contributed by atoms with Gasteiger partial charge in [-0.05, 0) is 70.8 Å². The van der Waals surface area contributed by atoms with Gasteiger partial charge in [0, 0.05) is 0 Å². The summed E-state index contributed by atoms with van der Waals surface area (Å²) in [5, 5.41) is 7.75. The van der Waals surface area contributed by atoms with Gasteiger partial charge in [0.25, 0.3) is 0 Å². The fourth-order valence-electron chi connectivity index (χ4n) is 3.61. The van der Waals surface area contributed by atoms with Crippen LogP contribution in [0.3, 0.4) is 0 Å². The smallest absolute Gasteiger partial charge is 0.422 e. The summed E-state index contributed by atoms with van der Waals surface area (Å²) in [6.07, 6.45) is -10.1. The van der Waals surface area contributed by atoms with Gasteiger partial charge in [-0.1, -0.05) is 36.4 Å². The van der Waals surface area contributed by atoms with Crippen molar-refractivity contribution in [1.29, 1.82) is 5.41 Å². The SMILES string of the molecule is N=C(C(=O)Oc1ccc(-c2ccc(OC(F)(F)F)c(F)c2)cc1)C(=O)Oc1ccc(-c2ccc(OC(F)(F)F)c(F)c2)cc1. The molecule has 0 unspecified atom stereocenters. The van der Waals surface area contributed by atoms with Crippen LogP contribution in [0.4, 0.5) is 35.1 Å². The number of alkyl halides is 6. The molecule has 4 rings (SSSR count). The zero-order valence-corrected chi connectivity index (χ0v) is 21.6. The maximum atomic E-state index is 14.0. The fraction of sp³-hybridized carbons (Fsp3) is 0.0690. The Kier molecular flexibility index (Phi) is 8.87. The first-order valence-corrected chi connectivity index (χ1v) is 11.9. The van der Waals surface area contributed by atoms with Crippen molar-refractivity contribution in [3.8, 4) is 45.3 Å². The van der Waals surface area contributed by atoms with Gasteiger partial charge in [-0.25, -0.2) is 18.4 Å². The number of esters is 2. The Balaban J connectivity index is 1.34. The number of benzene rings is 4. The third-order valence-electron chi connectivity index (χ3n) is 5.52. The molecule has 4 aromatic carbocycles. The molecule has 44 heavy (non-hydrogen) atoms. The number of ether oxygens (including phenoxy) is 4. The van der Waals surface area contributed by atoms with Gasteiger partial charge in [-0.15, -0.1) is 26.3 Å². The number of halogens is 8. The quantitative estimate of drug-likeness (QED) is 0.0712. The number of hydrogen-bond acceptors (Lipinski definition) is 7. The van der Waals surface area contributed by atoms with Crippen molar-refractivity contribution in [3.05, 3.63) is 96.6 Å². The minimum atomic E-state index is -5.07. The lowest BCUT2D eigenvalue weighted by Crippen LogP contribution is -2.31. The van der Waals surface area contributed by atoms with Gasteiger partial charge in [0.2, 0.25) is 5.71 Å². The number of nitrogens with one attached hydrogen (secondary N) is 1. The molecule has 1 N–H and O–H groups in total. The average Bonchev–Trinajstić information content (AvgIpc) is 2.94. The lowest BCUT2D eigenvalue weighted by molar-refractivity contribution is -0.276. The molecule has 7 nitrogen and oxygen atoms in total. The summed E-state index contributed by atoms with van der Waals surface area (Å²) in [7, 11) is 0. The monoisotopic (exact) mass is 625 g/mol. The minimum Gasteiger partial charge on any atom is -0.422 e. The molecule has 4 aromatic rings. The van der Waals surface area contributed by atoms with E-state index < -0.39 is 53.5 Å². The van der Waals surface area contributed by atoms with Gasteiger partial charge in [-0.3, -0.25) is 5.41 Å². The van der Waals surface area contributed by atoms with Gasteiger partial charge in [-0.2, -0.15) is 0 Å². The molecule has 0 amide bonds. The molecule has 15 heteroatoms. The predicted octanol–water partition coefficient (Wildman–Crippen LogP) is 7.63. The molecule has 0 aliphatic rings. The Hall–Kier alpha value is -5.47. The lowest BCUT2D eigenvalue weighted by atomic mass is 10.1. The van der Waals surface area contributed by atoms with Crippen molar-refractivity contribution in [2.75, 3.05) is 0 Å². The number of carbonyl (C=O) groups is 2. The van der Waals surface area contributed by atoms with Gasteiger partial charge in [0.15, 0.2) is 23.1 Å². The van der Waals surface area contributed by atoms with E-state index in [0.29, 0.717) is 11.1 Å². The second kappa shape index (κ2) is 12.4. The summed E-state index contributed by atoms with van der Waals surface area (Å²) in [6.45, 7) is 0. The van der Waals surface area contributed by atoms with Crippen LogP contribution in [0.5, 0.6) is 23.0 Å². The van der Waals surface area contributed by atoms with Crippen LogP contribution in [-0.2, 0) is 9.59 Å². The molecular formula is C29H15F8NO6. The zero-order chi connectivity index (χ0) is 32.2. The Morgan fingerprint density at radius 3 is 1.14 bits per heavy atom. The summed E-state index contributed by atoms with van der Waals surface area (Å²) in [5.41, 5.74) is -0.186. The van der Waals surface area contributed by atoms with Crippen LogP contribution in [0.15, 0.2) is 84.9 Å². The van der Waals surface area contributed by atoms with Crippen LogP contribution in [0.1, 0.15) is 0 Å². The van der Waals surface area contributed by atoms with E-state index in [4.69, 9.17) is 14.9 Å². The van der Waals surface area contributed by atoms with Crippen LogP contribution in [0, 0.1) is 17.0 Å². The molecule has 0 aliphatic carbocycles. The molecule has 0 spiro atoms. The topological polar surface area (TPSA) is 94.9 Å². The van der Waals surface area contributed by atoms with Crippen LogP contribution in [-0.4, -0.2) is 30.4 Å². The maximum Gasteiger partial charge on any atom is 0.573 e. The van der Waals surface area contributed by atoms with Gasteiger partial charge in [0.1, 0.15) is 11.5 Å². The third kappa shape index (κ3) is 8.30. The summed E-state index contributed by atoms with van der Waals surface area (Å²) < 4.78 is 119. The second-order valence-corrected chi connectivity index (χ2v) is 8.59. The number of rotatable bonds is 8. The van der Waals surface area contributed by atoms with Crippen molar-refractivity contribution >= 4 is 17.7 Å². The Labute approximate surface area is 241 Å². The fourth-order valence-corrected chi connectivity index (χ4v) is 3.61. The molecule has 0 aliphatic heterocycles. The molecule has 0 bridgehead atoms. The molecule has 0 fully saturated rings. The van der Waals surface area contributed by atoms with Crippen molar-refractivity contribution in [1.82, 2.24) is 0 Å². The molecule has 0 saturated carbocycles. The molecule has 0 aromatic heterocycles. The highest BCUT2D eigenvalue weighted by atomic mass is 19.4. The standard InChI is InChI=1S/C29H15F8NO6/c30-21-13-17(5-11-23(21)43-28(32,33)34)15-1-7-19(8-2-15)41-26(39)25(38)27(40)42-20-9-3-16(4-10-20)18-6-12-24(22(31)14-18)44-29(35,36)37/h1-14,38H. The highest BCUT2D eigenvalue weighted by molar-refractivity contribution is 6.62. The van der Waals surface area contributed by atoms with E-state index in [2.05, 4.69) is 9.47 Å². The zero-order valence-electron chi connectivity index (χ0n) is 21.6. The van der Waals surface area contributed by atoms with E-state index in [-0.39, 0.29) is 22.6 Å². The van der Waals surface area contributed by atoms with Crippen molar-refractivity contribution < 1.29 is 63.7 Å². The van der Waals surface area contributed by atoms with Crippen LogP contribution in [0.25, 0.3) is 22.3 Å². The molecular weight excluding hydrogens is 610 g/mol. The Bertz CT molecular complexity index is 1580. The van der Waals surface area contributed by atoms with Crippen molar-refractivity contribution in [2.45, 2.75) is 12.7 Å². The van der Waals surface area contributed by atoms with Crippen LogP contribution < -0.4 is 18.9 Å². The van der Waals surface area contributed by atoms with E-state index in [1.54, 1.807) is 0 Å². The van der Waals surface area contributed by atoms with E-state index in [0.717, 1.165) is 24.3 Å². The first-order valence-electron chi connectivity index (χ1n) is 11.9. The summed E-state index contributed by atoms with van der Waals surface area (Å²) in [4.78, 5) is 24.5. The second-order valence-electron chi connectivity index (χ2n) is 8.59. The molecule has 0 heterocycles. The normalized spacial score (nSPS) is 11.5. The molecule has 0 atom stereocenters. The summed E-state index contributed by atoms with van der Waals surface area (Å²) in [6, 6.07) is 15.8. The first-order chi connectivity index (χ1) is 20.6. The van der Waals surface area contributed by atoms with E-state index in [1.165, 1.54) is 60.7 Å². The van der Waals surface area contributed by atoms with E-state index >= 15 is 0 Å². The number of hydrogen-bond donors (Lipinski definition) is 1. The molecule has 228 valence electrons. The highest BCUT2D eigenvalue weighted by Crippen LogP contribution is 2.32. The third-order valence-corrected chi connectivity index (χ3v) is 5.52. The van der Waals surface area contributed by atoms with E-state index in [9.17, 15) is 44.7 Å². The lowest BCUT2D eigenvalue weighted by Gasteiger charge is -2.11. The van der Waals surface area contributed by atoms with Crippen LogP contribution >= 0.6 is 0 Å². The number of carbonyl (C=O) groups excluding carboxylic acids is 2. The summed E-state index contributed by atoms with van der Waals surface area (Å²) >= 11 is 0. The van der Waals surface area contributed by atoms with E-state index in [1.807, 2.05) is 0 Å². The minimum absolute atomic E-state index is 0.128. The van der Waals surface area contributed by atoms with Crippen molar-refractivity contribution in [3.63, 3.8) is 0 Å². The average molecular weight is 625 g/mol. The highest BCUT2D eigenvalue weighted by Gasteiger charge is 2.33. The Morgan fingerprint density at radius 1 is 0.523 bits per heavy atom. The largest absolute Gasteiger partial charge is 0.573 e. The Morgan fingerprint density at radius 2 is 0.841 bits per heavy atom. The van der Waals surface area contributed by atoms with Gasteiger partial charge in [0.05, 0.1) is 0 Å². The first kappa shape index (κ1) is 31.5. The molecule has 0 radical (unpaired) electrons. The van der Waals surface area contributed by atoms with Crippen molar-refractivity contribution in [2.24, 2.45) is 0 Å². The predicted molar refractivity (Wildman–Crippen MR) is 136 cm³/mol. The maximum absolute atomic E-state index is 14.0. The van der Waals surface area contributed by atoms with Gasteiger partial charge < -0.3 is 18.9 Å². The molecule has 0 saturated heterocycles. The summed E-state index contributed by atoms with van der Waals surface area (Å²) in [5.74, 6) is -7.60. The van der Waals surface area contributed by atoms with Crippen LogP contribution in [0.2, 0.25) is 0 Å². The van der Waals surface area contributed by atoms with Gasteiger partial charge >= 0.3 is 24.7 Å².